The number of hydrogen-bond donors (Lipinski definition) is 2. The van der Waals surface area contributed by atoms with Crippen LogP contribution < -0.4 is 10.1 Å². The van der Waals surface area contributed by atoms with Crippen LogP contribution in [0.4, 0.5) is 10.5 Å². The molecule has 0 bridgehead atoms. The van der Waals surface area contributed by atoms with Gasteiger partial charge in [0.25, 0.3) is 0 Å². The van der Waals surface area contributed by atoms with Gasteiger partial charge in [0.15, 0.2) is 0 Å². The minimum absolute atomic E-state index is 0.0459. The molecule has 0 atom stereocenters. The van der Waals surface area contributed by atoms with Gasteiger partial charge in [0, 0.05) is 17.9 Å². The van der Waals surface area contributed by atoms with Gasteiger partial charge in [0.2, 0.25) is 0 Å². The molecule has 1 aliphatic carbocycles. The Kier molecular flexibility index (Phi) is 4.39. The Morgan fingerprint density at radius 1 is 1.03 bits per heavy atom. The van der Waals surface area contributed by atoms with Gasteiger partial charge in [-0.2, -0.15) is 0 Å². The predicted molar refractivity (Wildman–Crippen MR) is 111 cm³/mol. The summed E-state index contributed by atoms with van der Waals surface area (Å²) in [4.78, 5) is 23.9. The first-order valence-electron chi connectivity index (χ1n) is 9.77. The highest BCUT2D eigenvalue weighted by atomic mass is 16.5. The van der Waals surface area contributed by atoms with Crippen molar-refractivity contribution in [1.29, 1.82) is 0 Å². The maximum atomic E-state index is 12.5. The van der Waals surface area contributed by atoms with Crippen LogP contribution in [0.1, 0.15) is 33.0 Å². The van der Waals surface area contributed by atoms with E-state index in [-0.39, 0.29) is 18.1 Å². The van der Waals surface area contributed by atoms with Gasteiger partial charge >= 0.3 is 12.1 Å². The second kappa shape index (κ2) is 7.22. The largest absolute Gasteiger partial charge is 0.491 e. The number of fused-ring (bicyclic) bond motifs is 4. The van der Waals surface area contributed by atoms with Crippen LogP contribution in [0.3, 0.4) is 0 Å². The lowest BCUT2D eigenvalue weighted by atomic mass is 9.98. The number of anilines is 1. The number of amides is 1. The number of carbonyl (C=O) groups is 2. The van der Waals surface area contributed by atoms with E-state index in [2.05, 4.69) is 29.6 Å². The van der Waals surface area contributed by atoms with E-state index < -0.39 is 12.1 Å². The average Bonchev–Trinajstić information content (AvgIpc) is 3.35. The van der Waals surface area contributed by atoms with Crippen LogP contribution in [0.25, 0.3) is 11.1 Å². The van der Waals surface area contributed by atoms with Gasteiger partial charge < -0.3 is 14.6 Å². The fraction of sp³-hybridized carbons (Fsp3) is 0.167. The Hall–Kier alpha value is -3.80. The molecule has 5 rings (SSSR count). The Morgan fingerprint density at radius 3 is 2.37 bits per heavy atom. The molecule has 1 aliphatic heterocycles. The summed E-state index contributed by atoms with van der Waals surface area (Å²) in [5.41, 5.74) is 5.76. The van der Waals surface area contributed by atoms with Crippen LogP contribution in [0.5, 0.6) is 5.75 Å². The molecule has 0 spiro atoms. The van der Waals surface area contributed by atoms with Crippen LogP contribution >= 0.6 is 0 Å². The van der Waals surface area contributed by atoms with Crippen molar-refractivity contribution < 1.29 is 24.2 Å². The van der Waals surface area contributed by atoms with E-state index in [1.165, 1.54) is 6.07 Å². The van der Waals surface area contributed by atoms with Crippen molar-refractivity contribution in [2.45, 2.75) is 12.3 Å². The second-order valence-electron chi connectivity index (χ2n) is 7.37. The first kappa shape index (κ1) is 18.2. The lowest BCUT2D eigenvalue weighted by Gasteiger charge is -2.15. The van der Waals surface area contributed by atoms with Crippen molar-refractivity contribution in [2.75, 3.05) is 18.5 Å². The predicted octanol–water partition coefficient (Wildman–Crippen LogP) is 4.68. The van der Waals surface area contributed by atoms with Crippen LogP contribution in [-0.2, 0) is 11.2 Å². The lowest BCUT2D eigenvalue weighted by molar-refractivity contribution is 0.0696. The molecule has 3 aromatic carbocycles. The maximum absolute atomic E-state index is 12.5. The van der Waals surface area contributed by atoms with Crippen molar-refractivity contribution in [3.8, 4) is 16.9 Å². The molecular formula is C24H19NO5. The van der Waals surface area contributed by atoms with Gasteiger partial charge in [-0.05, 0) is 34.4 Å². The summed E-state index contributed by atoms with van der Waals surface area (Å²) < 4.78 is 11.1. The zero-order chi connectivity index (χ0) is 20.7. The van der Waals surface area contributed by atoms with Crippen molar-refractivity contribution in [3.05, 3.63) is 82.9 Å². The van der Waals surface area contributed by atoms with Crippen LogP contribution in [-0.4, -0.2) is 30.4 Å². The Balaban J connectivity index is 1.35. The Morgan fingerprint density at radius 2 is 1.70 bits per heavy atom. The highest BCUT2D eigenvalue weighted by molar-refractivity contribution is 5.94. The molecular weight excluding hydrogens is 382 g/mol. The van der Waals surface area contributed by atoms with E-state index in [0.717, 1.165) is 27.8 Å². The van der Waals surface area contributed by atoms with E-state index in [9.17, 15) is 14.7 Å². The van der Waals surface area contributed by atoms with E-state index in [1.54, 1.807) is 6.07 Å². The summed E-state index contributed by atoms with van der Waals surface area (Å²) in [5, 5.41) is 12.0. The topological polar surface area (TPSA) is 84.9 Å². The van der Waals surface area contributed by atoms with E-state index in [0.29, 0.717) is 24.5 Å². The van der Waals surface area contributed by atoms with Gasteiger partial charge in [-0.15, -0.1) is 0 Å². The van der Waals surface area contributed by atoms with Gasteiger partial charge in [0.05, 0.1) is 17.9 Å². The van der Waals surface area contributed by atoms with Crippen LogP contribution in [0.2, 0.25) is 0 Å². The van der Waals surface area contributed by atoms with E-state index in [1.807, 2.05) is 24.3 Å². The number of hydrogen-bond acceptors (Lipinski definition) is 4. The summed E-state index contributed by atoms with van der Waals surface area (Å²) in [6.07, 6.45) is -0.0346. The number of aromatic carboxylic acids is 1. The molecule has 0 radical (unpaired) electrons. The number of nitrogens with one attached hydrogen (secondary N) is 1. The Labute approximate surface area is 173 Å². The quantitative estimate of drug-likeness (QED) is 0.663. The zero-order valence-electron chi connectivity index (χ0n) is 16.1. The monoisotopic (exact) mass is 401 g/mol. The van der Waals surface area contributed by atoms with Gasteiger partial charge in [-0.1, -0.05) is 48.5 Å². The van der Waals surface area contributed by atoms with Crippen molar-refractivity contribution in [1.82, 2.24) is 0 Å². The molecule has 2 aliphatic rings. The number of ether oxygens (including phenoxy) is 2. The minimum Gasteiger partial charge on any atom is -0.491 e. The molecule has 0 unspecified atom stereocenters. The SMILES string of the molecule is O=C(Nc1cc(C(=O)O)cc2c1OCC2)OCC1c2ccccc2-c2ccccc21. The van der Waals surface area contributed by atoms with Gasteiger partial charge in [0.1, 0.15) is 12.4 Å². The normalized spacial score (nSPS) is 13.7. The van der Waals surface area contributed by atoms with E-state index >= 15 is 0 Å². The van der Waals surface area contributed by atoms with Crippen LogP contribution in [0, 0.1) is 0 Å². The molecule has 0 saturated heterocycles. The highest BCUT2D eigenvalue weighted by Crippen LogP contribution is 2.44. The summed E-state index contributed by atoms with van der Waals surface area (Å²) in [7, 11) is 0. The zero-order valence-corrected chi connectivity index (χ0v) is 16.1. The highest BCUT2D eigenvalue weighted by Gasteiger charge is 2.29. The summed E-state index contributed by atoms with van der Waals surface area (Å²) in [5.74, 6) is -0.593. The minimum atomic E-state index is -1.06. The molecule has 1 amide bonds. The summed E-state index contributed by atoms with van der Waals surface area (Å²) in [6.45, 7) is 0.638. The van der Waals surface area contributed by atoms with Gasteiger partial charge in [-0.3, -0.25) is 5.32 Å². The lowest BCUT2D eigenvalue weighted by Crippen LogP contribution is -2.18. The third-order valence-electron chi connectivity index (χ3n) is 5.61. The first-order chi connectivity index (χ1) is 14.6. The number of carboxylic acids is 1. The molecule has 150 valence electrons. The Bertz CT molecular complexity index is 1120. The molecule has 6 heteroatoms. The first-order valence-corrected chi connectivity index (χ1v) is 9.77. The maximum Gasteiger partial charge on any atom is 0.411 e. The molecule has 6 nitrogen and oxygen atoms in total. The summed E-state index contributed by atoms with van der Waals surface area (Å²) >= 11 is 0. The van der Waals surface area contributed by atoms with Crippen molar-refractivity contribution in [2.24, 2.45) is 0 Å². The van der Waals surface area contributed by atoms with Crippen LogP contribution in [0.15, 0.2) is 60.7 Å². The number of benzene rings is 3. The molecule has 0 saturated carbocycles. The number of rotatable bonds is 4. The van der Waals surface area contributed by atoms with E-state index in [4.69, 9.17) is 9.47 Å². The average molecular weight is 401 g/mol. The third-order valence-corrected chi connectivity index (χ3v) is 5.61. The van der Waals surface area contributed by atoms with Gasteiger partial charge in [-0.25, -0.2) is 9.59 Å². The fourth-order valence-corrected chi connectivity index (χ4v) is 4.27. The fourth-order valence-electron chi connectivity index (χ4n) is 4.27. The smallest absolute Gasteiger partial charge is 0.411 e. The molecule has 2 N–H and O–H groups in total. The third kappa shape index (κ3) is 3.06. The second-order valence-corrected chi connectivity index (χ2v) is 7.37. The molecule has 0 fully saturated rings. The molecule has 1 heterocycles. The summed E-state index contributed by atoms with van der Waals surface area (Å²) in [6, 6.07) is 19.2. The van der Waals surface area contributed by atoms with Crippen molar-refractivity contribution in [3.63, 3.8) is 0 Å². The van der Waals surface area contributed by atoms with Crippen molar-refractivity contribution >= 4 is 17.7 Å². The molecule has 0 aromatic heterocycles. The standard InChI is InChI=1S/C24H19NO5/c26-23(27)15-11-14-9-10-29-22(14)21(12-15)25-24(28)30-13-20-18-7-3-1-5-16(18)17-6-2-4-8-19(17)20/h1-8,11-12,20H,9-10,13H2,(H,25,28)(H,26,27). The number of carboxylic acid groups (broad SMARTS) is 1. The molecule has 3 aromatic rings. The number of carbonyl (C=O) groups excluding carboxylic acids is 1. The molecule has 30 heavy (non-hydrogen) atoms.